The fraction of sp³-hybridized carbons (Fsp3) is 0.455. The highest BCUT2D eigenvalue weighted by Gasteiger charge is 2.22. The number of hydrogen-bond acceptors (Lipinski definition) is 6. The summed E-state index contributed by atoms with van der Waals surface area (Å²) in [7, 11) is 6.67. The lowest BCUT2D eigenvalue weighted by Crippen LogP contribution is -2.45. The van der Waals surface area contributed by atoms with Gasteiger partial charge in [-0.05, 0) is 24.3 Å². The van der Waals surface area contributed by atoms with Gasteiger partial charge in [0, 0.05) is 54.9 Å². The molecular weight excluding hydrogens is 436 g/mol. The minimum absolute atomic E-state index is 0.646. The minimum Gasteiger partial charge on any atom is -0.496 e. The number of rotatable bonds is 8. The number of nitrogens with zero attached hydrogens (tertiary/aromatic N) is 2. The summed E-state index contributed by atoms with van der Waals surface area (Å²) in [5, 5.41) is 0. The Hall–Kier alpha value is -1.96. The van der Waals surface area contributed by atoms with Crippen LogP contribution in [0, 0.1) is 0 Å². The van der Waals surface area contributed by atoms with E-state index in [9.17, 15) is 0 Å². The lowest BCUT2D eigenvalue weighted by atomic mass is 10.1. The van der Waals surface area contributed by atoms with E-state index in [1.807, 2.05) is 18.2 Å². The molecule has 1 aliphatic heterocycles. The summed E-state index contributed by atoms with van der Waals surface area (Å²) in [5.41, 5.74) is 2.31. The van der Waals surface area contributed by atoms with Gasteiger partial charge in [-0.25, -0.2) is 0 Å². The Morgan fingerprint density at radius 1 is 0.690 bits per heavy atom. The van der Waals surface area contributed by atoms with Gasteiger partial charge in [-0.15, -0.1) is 0 Å². The Balaban J connectivity index is 1.63. The Morgan fingerprint density at radius 3 is 1.79 bits per heavy atom. The van der Waals surface area contributed by atoms with Crippen molar-refractivity contribution >= 4 is 15.9 Å². The van der Waals surface area contributed by atoms with Crippen LogP contribution in [0.1, 0.15) is 11.1 Å². The van der Waals surface area contributed by atoms with Crippen LogP contribution >= 0.6 is 15.9 Å². The highest BCUT2D eigenvalue weighted by molar-refractivity contribution is 9.10. The number of ether oxygens (including phenoxy) is 4. The molecule has 0 spiro atoms. The zero-order chi connectivity index (χ0) is 20.8. The third-order valence-corrected chi connectivity index (χ3v) is 5.77. The molecule has 0 radical (unpaired) electrons. The third-order valence-electron chi connectivity index (χ3n) is 5.28. The molecule has 0 amide bonds. The number of halogens is 1. The number of piperazine rings is 1. The molecule has 29 heavy (non-hydrogen) atoms. The summed E-state index contributed by atoms with van der Waals surface area (Å²) in [6, 6.07) is 10.2. The number of hydrogen-bond donors (Lipinski definition) is 0. The Bertz CT molecular complexity index is 823. The first-order chi connectivity index (χ1) is 14.1. The molecule has 158 valence electrons. The maximum atomic E-state index is 5.63. The molecule has 0 aromatic heterocycles. The summed E-state index contributed by atoms with van der Waals surface area (Å²) in [5.74, 6) is 3.01. The summed E-state index contributed by atoms with van der Waals surface area (Å²) >= 11 is 3.56. The molecular formula is C22H29BrN2O4. The molecule has 0 atom stereocenters. The van der Waals surface area contributed by atoms with Gasteiger partial charge in [0.15, 0.2) is 11.5 Å². The summed E-state index contributed by atoms with van der Waals surface area (Å²) in [6.45, 7) is 5.70. The predicted octanol–water partition coefficient (Wildman–Crippen LogP) is 3.80. The second kappa shape index (κ2) is 10.2. The average Bonchev–Trinajstić information content (AvgIpc) is 2.74. The summed E-state index contributed by atoms with van der Waals surface area (Å²) in [4.78, 5) is 4.91. The van der Waals surface area contributed by atoms with Gasteiger partial charge in [-0.1, -0.05) is 22.0 Å². The molecule has 1 fully saturated rings. The molecule has 7 heteroatoms. The largest absolute Gasteiger partial charge is 0.496 e. The zero-order valence-electron chi connectivity index (χ0n) is 17.5. The summed E-state index contributed by atoms with van der Waals surface area (Å²) < 4.78 is 23.1. The van der Waals surface area contributed by atoms with Crippen LogP contribution in [-0.4, -0.2) is 64.4 Å². The van der Waals surface area contributed by atoms with Crippen LogP contribution in [0.5, 0.6) is 23.0 Å². The van der Waals surface area contributed by atoms with Crippen LogP contribution in [0.2, 0.25) is 0 Å². The van der Waals surface area contributed by atoms with Crippen molar-refractivity contribution < 1.29 is 18.9 Å². The van der Waals surface area contributed by atoms with Gasteiger partial charge in [0.2, 0.25) is 5.75 Å². The van der Waals surface area contributed by atoms with Gasteiger partial charge < -0.3 is 18.9 Å². The van der Waals surface area contributed by atoms with Crippen molar-refractivity contribution in [3.63, 3.8) is 0 Å². The number of benzene rings is 2. The quantitative estimate of drug-likeness (QED) is 0.591. The SMILES string of the molecule is COc1ccc(Br)cc1CN1CCN(Cc2ccc(OC)c(OC)c2OC)CC1. The van der Waals surface area contributed by atoms with Crippen LogP contribution < -0.4 is 18.9 Å². The van der Waals surface area contributed by atoms with E-state index in [-0.39, 0.29) is 0 Å². The zero-order valence-corrected chi connectivity index (χ0v) is 19.1. The maximum Gasteiger partial charge on any atom is 0.203 e. The van der Waals surface area contributed by atoms with Crippen molar-refractivity contribution in [2.24, 2.45) is 0 Å². The van der Waals surface area contributed by atoms with E-state index >= 15 is 0 Å². The lowest BCUT2D eigenvalue weighted by molar-refractivity contribution is 0.120. The molecule has 0 saturated carbocycles. The van der Waals surface area contributed by atoms with Gasteiger partial charge in [0.05, 0.1) is 28.4 Å². The fourth-order valence-electron chi connectivity index (χ4n) is 3.75. The molecule has 6 nitrogen and oxygen atoms in total. The summed E-state index contributed by atoms with van der Waals surface area (Å²) in [6.07, 6.45) is 0. The second-order valence-electron chi connectivity index (χ2n) is 7.00. The van der Waals surface area contributed by atoms with Crippen LogP contribution in [0.15, 0.2) is 34.8 Å². The van der Waals surface area contributed by atoms with Crippen molar-refractivity contribution in [1.29, 1.82) is 0 Å². The van der Waals surface area contributed by atoms with Crippen LogP contribution in [0.4, 0.5) is 0 Å². The minimum atomic E-state index is 0.646. The monoisotopic (exact) mass is 464 g/mol. The molecule has 2 aromatic carbocycles. The molecule has 3 rings (SSSR count). The first-order valence-corrected chi connectivity index (χ1v) is 10.4. The van der Waals surface area contributed by atoms with E-state index in [4.69, 9.17) is 18.9 Å². The predicted molar refractivity (Wildman–Crippen MR) is 117 cm³/mol. The smallest absolute Gasteiger partial charge is 0.203 e. The Morgan fingerprint density at radius 2 is 1.24 bits per heavy atom. The Kier molecular flexibility index (Phi) is 7.64. The van der Waals surface area contributed by atoms with E-state index in [1.165, 1.54) is 5.56 Å². The number of methoxy groups -OCH3 is 4. The molecule has 0 aliphatic carbocycles. The van der Waals surface area contributed by atoms with Crippen LogP contribution in [0.25, 0.3) is 0 Å². The van der Waals surface area contributed by atoms with Gasteiger partial charge >= 0.3 is 0 Å². The highest BCUT2D eigenvalue weighted by Crippen LogP contribution is 2.40. The molecule has 2 aromatic rings. The second-order valence-corrected chi connectivity index (χ2v) is 7.92. The average molecular weight is 465 g/mol. The van der Waals surface area contributed by atoms with Crippen molar-refractivity contribution in [2.45, 2.75) is 13.1 Å². The van der Waals surface area contributed by atoms with Crippen LogP contribution in [0.3, 0.4) is 0 Å². The standard InChI is InChI=1S/C22H29BrN2O4/c1-26-19-8-6-18(23)13-17(19)15-25-11-9-24(10-12-25)14-16-5-7-20(27-2)22(29-4)21(16)28-3/h5-8,13H,9-12,14-15H2,1-4H3. The van der Waals surface area contributed by atoms with E-state index < -0.39 is 0 Å². The third kappa shape index (κ3) is 5.15. The van der Waals surface area contributed by atoms with Crippen molar-refractivity contribution in [2.75, 3.05) is 54.6 Å². The molecule has 1 saturated heterocycles. The first-order valence-electron chi connectivity index (χ1n) is 9.64. The van der Waals surface area contributed by atoms with Gasteiger partial charge in [0.25, 0.3) is 0 Å². The van der Waals surface area contributed by atoms with E-state index in [0.717, 1.165) is 60.8 Å². The van der Waals surface area contributed by atoms with Gasteiger partial charge in [0.1, 0.15) is 5.75 Å². The maximum absolute atomic E-state index is 5.63. The van der Waals surface area contributed by atoms with Gasteiger partial charge in [-0.3, -0.25) is 9.80 Å². The molecule has 0 N–H and O–H groups in total. The molecule has 0 bridgehead atoms. The van der Waals surface area contributed by atoms with Crippen molar-refractivity contribution in [3.05, 3.63) is 45.9 Å². The van der Waals surface area contributed by atoms with E-state index in [1.54, 1.807) is 28.4 Å². The first kappa shape index (κ1) is 21.7. The van der Waals surface area contributed by atoms with E-state index in [2.05, 4.69) is 37.9 Å². The lowest BCUT2D eigenvalue weighted by Gasteiger charge is -2.35. The molecule has 1 aliphatic rings. The fourth-order valence-corrected chi connectivity index (χ4v) is 4.15. The normalized spacial score (nSPS) is 15.2. The topological polar surface area (TPSA) is 43.4 Å². The van der Waals surface area contributed by atoms with E-state index in [0.29, 0.717) is 11.5 Å². The van der Waals surface area contributed by atoms with Gasteiger partial charge in [-0.2, -0.15) is 0 Å². The van der Waals surface area contributed by atoms with Crippen molar-refractivity contribution in [1.82, 2.24) is 9.80 Å². The van der Waals surface area contributed by atoms with Crippen LogP contribution in [-0.2, 0) is 13.1 Å². The van der Waals surface area contributed by atoms with Crippen molar-refractivity contribution in [3.8, 4) is 23.0 Å². The molecule has 1 heterocycles. The highest BCUT2D eigenvalue weighted by atomic mass is 79.9. The molecule has 0 unspecified atom stereocenters. The Labute approximate surface area is 181 Å².